The van der Waals surface area contributed by atoms with Gasteiger partial charge in [-0.2, -0.15) is 0 Å². The van der Waals surface area contributed by atoms with Gasteiger partial charge >= 0.3 is 0 Å². The molecule has 0 aliphatic carbocycles. The molecular formula is C19H23NO4. The van der Waals surface area contributed by atoms with Gasteiger partial charge in [0.2, 0.25) is 0 Å². The van der Waals surface area contributed by atoms with E-state index in [0.717, 1.165) is 17.7 Å². The van der Waals surface area contributed by atoms with Crippen LogP contribution in [0.15, 0.2) is 42.5 Å². The summed E-state index contributed by atoms with van der Waals surface area (Å²) in [7, 11) is 3.12. The van der Waals surface area contributed by atoms with Gasteiger partial charge in [-0.05, 0) is 37.1 Å². The summed E-state index contributed by atoms with van der Waals surface area (Å²) in [5.41, 5.74) is 1.64. The van der Waals surface area contributed by atoms with Crippen LogP contribution in [0.1, 0.15) is 19.4 Å². The molecule has 0 fully saturated rings. The SMILES string of the molecule is CCc1ccccc1OC(C)C(=O)Nc1ccc(OC)cc1OC. The number of benzene rings is 2. The number of ether oxygens (including phenoxy) is 3. The van der Waals surface area contributed by atoms with E-state index >= 15 is 0 Å². The van der Waals surface area contributed by atoms with Gasteiger partial charge in [-0.25, -0.2) is 0 Å². The van der Waals surface area contributed by atoms with Crippen LogP contribution in [-0.4, -0.2) is 26.2 Å². The lowest BCUT2D eigenvalue weighted by Gasteiger charge is -2.18. The lowest BCUT2D eigenvalue weighted by molar-refractivity contribution is -0.122. The van der Waals surface area contributed by atoms with E-state index in [0.29, 0.717) is 17.2 Å². The molecule has 0 heterocycles. The maximum absolute atomic E-state index is 12.4. The van der Waals surface area contributed by atoms with E-state index in [1.807, 2.05) is 24.3 Å². The molecule has 0 saturated heterocycles. The zero-order chi connectivity index (χ0) is 17.5. The van der Waals surface area contributed by atoms with E-state index in [1.54, 1.807) is 39.3 Å². The van der Waals surface area contributed by atoms with Crippen molar-refractivity contribution in [2.75, 3.05) is 19.5 Å². The van der Waals surface area contributed by atoms with Crippen LogP contribution in [0.3, 0.4) is 0 Å². The smallest absolute Gasteiger partial charge is 0.265 e. The topological polar surface area (TPSA) is 56.8 Å². The molecular weight excluding hydrogens is 306 g/mol. The molecule has 1 amide bonds. The minimum atomic E-state index is -0.635. The molecule has 5 nitrogen and oxygen atoms in total. The van der Waals surface area contributed by atoms with Crippen LogP contribution in [0, 0.1) is 0 Å². The third-order valence-electron chi connectivity index (χ3n) is 3.69. The first-order chi connectivity index (χ1) is 11.6. The Kier molecular flexibility index (Phi) is 6.07. The molecule has 1 unspecified atom stereocenters. The molecule has 0 spiro atoms. The van der Waals surface area contributed by atoms with Crippen LogP contribution >= 0.6 is 0 Å². The first kappa shape index (κ1) is 17.7. The van der Waals surface area contributed by atoms with E-state index in [9.17, 15) is 4.79 Å². The molecule has 128 valence electrons. The zero-order valence-electron chi connectivity index (χ0n) is 14.5. The second-order valence-corrected chi connectivity index (χ2v) is 5.28. The Labute approximate surface area is 142 Å². The van der Waals surface area contributed by atoms with Crippen molar-refractivity contribution < 1.29 is 19.0 Å². The molecule has 0 aromatic heterocycles. The van der Waals surface area contributed by atoms with Crippen molar-refractivity contribution in [2.24, 2.45) is 0 Å². The lowest BCUT2D eigenvalue weighted by atomic mass is 10.1. The zero-order valence-corrected chi connectivity index (χ0v) is 14.5. The number of rotatable bonds is 7. The monoisotopic (exact) mass is 329 g/mol. The normalized spacial score (nSPS) is 11.5. The number of aryl methyl sites for hydroxylation is 1. The van der Waals surface area contributed by atoms with Gasteiger partial charge in [-0.15, -0.1) is 0 Å². The number of para-hydroxylation sites is 1. The summed E-state index contributed by atoms with van der Waals surface area (Å²) in [6, 6.07) is 12.9. The van der Waals surface area contributed by atoms with E-state index < -0.39 is 6.10 Å². The molecule has 0 saturated carbocycles. The van der Waals surface area contributed by atoms with Gasteiger partial charge in [0.25, 0.3) is 5.91 Å². The highest BCUT2D eigenvalue weighted by Crippen LogP contribution is 2.29. The highest BCUT2D eigenvalue weighted by atomic mass is 16.5. The predicted molar refractivity (Wildman–Crippen MR) is 94.1 cm³/mol. The maximum atomic E-state index is 12.4. The van der Waals surface area contributed by atoms with Gasteiger partial charge in [-0.1, -0.05) is 25.1 Å². The minimum absolute atomic E-state index is 0.246. The van der Waals surface area contributed by atoms with Gasteiger partial charge in [0, 0.05) is 6.07 Å². The van der Waals surface area contributed by atoms with Gasteiger partial charge in [0.1, 0.15) is 17.2 Å². The molecule has 1 atom stereocenters. The van der Waals surface area contributed by atoms with E-state index in [2.05, 4.69) is 12.2 Å². The van der Waals surface area contributed by atoms with Crippen LogP contribution in [0.5, 0.6) is 17.2 Å². The van der Waals surface area contributed by atoms with E-state index in [1.165, 1.54) is 0 Å². The van der Waals surface area contributed by atoms with E-state index in [-0.39, 0.29) is 5.91 Å². The second-order valence-electron chi connectivity index (χ2n) is 5.28. The number of amides is 1. The van der Waals surface area contributed by atoms with Gasteiger partial charge < -0.3 is 19.5 Å². The number of hydrogen-bond acceptors (Lipinski definition) is 4. The summed E-state index contributed by atoms with van der Waals surface area (Å²) in [5.74, 6) is 1.67. The summed E-state index contributed by atoms with van der Waals surface area (Å²) in [4.78, 5) is 12.4. The highest BCUT2D eigenvalue weighted by molar-refractivity contribution is 5.95. The first-order valence-corrected chi connectivity index (χ1v) is 7.86. The molecule has 0 radical (unpaired) electrons. The van der Waals surface area contributed by atoms with Crippen molar-refractivity contribution in [3.8, 4) is 17.2 Å². The van der Waals surface area contributed by atoms with Crippen molar-refractivity contribution in [3.63, 3.8) is 0 Å². The average molecular weight is 329 g/mol. The van der Waals surface area contributed by atoms with Crippen LogP contribution in [0.25, 0.3) is 0 Å². The Morgan fingerprint density at radius 3 is 2.50 bits per heavy atom. The Hall–Kier alpha value is -2.69. The Morgan fingerprint density at radius 2 is 1.83 bits per heavy atom. The molecule has 2 aromatic carbocycles. The van der Waals surface area contributed by atoms with Gasteiger partial charge in [0.05, 0.1) is 19.9 Å². The fourth-order valence-corrected chi connectivity index (χ4v) is 2.29. The number of methoxy groups -OCH3 is 2. The number of carbonyl (C=O) groups excluding carboxylic acids is 1. The fourth-order valence-electron chi connectivity index (χ4n) is 2.29. The highest BCUT2D eigenvalue weighted by Gasteiger charge is 2.18. The fraction of sp³-hybridized carbons (Fsp3) is 0.316. The lowest BCUT2D eigenvalue weighted by Crippen LogP contribution is -2.30. The van der Waals surface area contributed by atoms with Crippen LogP contribution in [0.2, 0.25) is 0 Å². The predicted octanol–water partition coefficient (Wildman–Crippen LogP) is 3.67. The third-order valence-corrected chi connectivity index (χ3v) is 3.69. The summed E-state index contributed by atoms with van der Waals surface area (Å²) in [6.07, 6.45) is 0.209. The molecule has 2 rings (SSSR count). The number of carbonyl (C=O) groups is 1. The van der Waals surface area contributed by atoms with Crippen molar-refractivity contribution in [2.45, 2.75) is 26.4 Å². The Bertz CT molecular complexity index is 700. The van der Waals surface area contributed by atoms with Crippen LogP contribution in [-0.2, 0) is 11.2 Å². The molecule has 24 heavy (non-hydrogen) atoms. The number of anilines is 1. The second kappa shape index (κ2) is 8.24. The van der Waals surface area contributed by atoms with Gasteiger partial charge in [0.15, 0.2) is 6.10 Å². The van der Waals surface area contributed by atoms with Gasteiger partial charge in [-0.3, -0.25) is 4.79 Å². The molecule has 2 aromatic rings. The number of nitrogens with one attached hydrogen (secondary N) is 1. The Balaban J connectivity index is 2.09. The van der Waals surface area contributed by atoms with E-state index in [4.69, 9.17) is 14.2 Å². The van der Waals surface area contributed by atoms with Crippen molar-refractivity contribution >= 4 is 11.6 Å². The third kappa shape index (κ3) is 4.19. The minimum Gasteiger partial charge on any atom is -0.497 e. The van der Waals surface area contributed by atoms with Crippen molar-refractivity contribution in [1.29, 1.82) is 0 Å². The quantitative estimate of drug-likeness (QED) is 0.842. The Morgan fingerprint density at radius 1 is 1.08 bits per heavy atom. The molecule has 0 aliphatic heterocycles. The summed E-state index contributed by atoms with van der Waals surface area (Å²) < 4.78 is 16.3. The van der Waals surface area contributed by atoms with Crippen LogP contribution in [0.4, 0.5) is 5.69 Å². The molecule has 5 heteroatoms. The van der Waals surface area contributed by atoms with Crippen molar-refractivity contribution in [1.82, 2.24) is 0 Å². The maximum Gasteiger partial charge on any atom is 0.265 e. The first-order valence-electron chi connectivity index (χ1n) is 7.86. The van der Waals surface area contributed by atoms with Crippen LogP contribution < -0.4 is 19.5 Å². The summed E-state index contributed by atoms with van der Waals surface area (Å²) >= 11 is 0. The average Bonchev–Trinajstić information content (AvgIpc) is 2.62. The largest absolute Gasteiger partial charge is 0.497 e. The standard InChI is InChI=1S/C19H23NO4/c1-5-14-8-6-7-9-17(14)24-13(2)19(21)20-16-11-10-15(22-3)12-18(16)23-4/h6-13H,5H2,1-4H3,(H,20,21). The summed E-state index contributed by atoms with van der Waals surface area (Å²) in [5, 5.41) is 2.83. The number of hydrogen-bond donors (Lipinski definition) is 1. The molecule has 0 aliphatic rings. The molecule has 0 bridgehead atoms. The van der Waals surface area contributed by atoms with Crippen molar-refractivity contribution in [3.05, 3.63) is 48.0 Å². The molecule has 1 N–H and O–H groups in total. The summed E-state index contributed by atoms with van der Waals surface area (Å²) in [6.45, 7) is 3.77.